The molecular weight excluding hydrogens is 408 g/mol. The van der Waals surface area contributed by atoms with Gasteiger partial charge < -0.3 is 0 Å². The van der Waals surface area contributed by atoms with Crippen LogP contribution < -0.4 is 0 Å². The van der Waals surface area contributed by atoms with Gasteiger partial charge in [-0.15, -0.1) is 0 Å². The van der Waals surface area contributed by atoms with Gasteiger partial charge in [0.2, 0.25) is 0 Å². The fourth-order valence-electron chi connectivity index (χ4n) is 4.83. The van der Waals surface area contributed by atoms with E-state index in [-0.39, 0.29) is 7.43 Å². The Kier molecular flexibility index (Phi) is 12.1. The molecule has 188 valence electrons. The number of benzene rings is 2. The lowest BCUT2D eigenvalue weighted by Crippen LogP contribution is -2.25. The van der Waals surface area contributed by atoms with Crippen LogP contribution in [0.2, 0.25) is 0 Å². The van der Waals surface area contributed by atoms with Crippen LogP contribution in [0.25, 0.3) is 5.57 Å². The van der Waals surface area contributed by atoms with Crippen molar-refractivity contribution in [1.82, 2.24) is 0 Å². The Labute approximate surface area is 212 Å². The van der Waals surface area contributed by atoms with E-state index >= 15 is 0 Å². The number of hydrogen-bond acceptors (Lipinski definition) is 0. The first-order valence-corrected chi connectivity index (χ1v) is 13.1. The predicted octanol–water partition coefficient (Wildman–Crippen LogP) is 10.6. The van der Waals surface area contributed by atoms with Crippen molar-refractivity contribution < 1.29 is 0 Å². The lowest BCUT2D eigenvalue weighted by atomic mass is 9.71. The summed E-state index contributed by atoms with van der Waals surface area (Å²) in [6, 6.07) is 16.0. The van der Waals surface area contributed by atoms with Crippen molar-refractivity contribution in [1.29, 1.82) is 0 Å². The Balaban J connectivity index is 0.00000578. The number of hydrogen-bond donors (Lipinski definition) is 0. The molecule has 0 aliphatic heterocycles. The monoisotopic (exact) mass is 460 g/mol. The second kappa shape index (κ2) is 13.7. The van der Waals surface area contributed by atoms with E-state index in [1.807, 2.05) is 0 Å². The Bertz CT molecular complexity index is 941. The van der Waals surface area contributed by atoms with Crippen LogP contribution in [0.3, 0.4) is 0 Å². The Morgan fingerprint density at radius 1 is 0.794 bits per heavy atom. The molecule has 0 aliphatic rings. The second-order valence-electron chi connectivity index (χ2n) is 10.8. The first kappa shape index (κ1) is 30.0. The molecule has 2 aromatic carbocycles. The smallest absolute Gasteiger partial charge is 0.00640 e. The largest absolute Gasteiger partial charge is 0.0776 e. The van der Waals surface area contributed by atoms with E-state index in [0.29, 0.717) is 11.8 Å². The standard InChI is InChI=1S/C33H48.CH4/c1-11-24(4)27(7)28(8)29(9)30(10)32-19-16-26(6)33(21-32)20-23(3)12-15-25(5)31-17-13-22(2)14-18-31;/h12-19,21,24,27-30H,11,20H2,1-10H3;1H4/b23-12+,25-15+;. The summed E-state index contributed by atoms with van der Waals surface area (Å²) in [6.07, 6.45) is 6.84. The van der Waals surface area contributed by atoms with E-state index in [9.17, 15) is 0 Å². The van der Waals surface area contributed by atoms with E-state index in [0.717, 1.165) is 24.2 Å². The Morgan fingerprint density at radius 2 is 1.41 bits per heavy atom. The van der Waals surface area contributed by atoms with Crippen LogP contribution in [0.4, 0.5) is 0 Å². The van der Waals surface area contributed by atoms with E-state index < -0.39 is 0 Å². The fraction of sp³-hybridized carbons (Fsp3) is 0.529. The van der Waals surface area contributed by atoms with Gasteiger partial charge in [0.05, 0.1) is 0 Å². The molecule has 0 aliphatic carbocycles. The summed E-state index contributed by atoms with van der Waals surface area (Å²) in [7, 11) is 0. The molecule has 0 heteroatoms. The molecule has 0 spiro atoms. The molecule has 0 aromatic heterocycles. The molecule has 0 N–H and O–H groups in total. The SMILES string of the molecule is C.CCC(C)C(C)C(C)C(C)C(C)c1ccc(C)c(C/C(C)=C/C=C(\C)c2ccc(C)cc2)c1. The van der Waals surface area contributed by atoms with Crippen molar-refractivity contribution in [3.8, 4) is 0 Å². The molecule has 2 rings (SSSR count). The Hall–Kier alpha value is -2.08. The van der Waals surface area contributed by atoms with Crippen LogP contribution in [0, 0.1) is 37.5 Å². The summed E-state index contributed by atoms with van der Waals surface area (Å²) < 4.78 is 0. The lowest BCUT2D eigenvalue weighted by molar-refractivity contribution is 0.191. The zero-order valence-electron chi connectivity index (χ0n) is 23.0. The summed E-state index contributed by atoms with van der Waals surface area (Å²) in [5.41, 5.74) is 9.67. The van der Waals surface area contributed by atoms with Crippen LogP contribution in [0.1, 0.15) is 103 Å². The quantitative estimate of drug-likeness (QED) is 0.309. The van der Waals surface area contributed by atoms with Gasteiger partial charge in [-0.05, 0) is 91.5 Å². The van der Waals surface area contributed by atoms with Gasteiger partial charge >= 0.3 is 0 Å². The van der Waals surface area contributed by atoms with Crippen LogP contribution in [-0.4, -0.2) is 0 Å². The molecule has 0 saturated heterocycles. The van der Waals surface area contributed by atoms with Gasteiger partial charge in [-0.3, -0.25) is 0 Å². The third-order valence-electron chi connectivity index (χ3n) is 8.48. The summed E-state index contributed by atoms with van der Waals surface area (Å²) in [5, 5.41) is 0. The van der Waals surface area contributed by atoms with Crippen molar-refractivity contribution in [2.24, 2.45) is 23.7 Å². The molecular formula is C34H52. The molecule has 0 heterocycles. The van der Waals surface area contributed by atoms with Crippen LogP contribution in [0.15, 0.2) is 60.2 Å². The van der Waals surface area contributed by atoms with Gasteiger partial charge in [0.25, 0.3) is 0 Å². The first-order valence-electron chi connectivity index (χ1n) is 13.1. The van der Waals surface area contributed by atoms with Gasteiger partial charge in [0, 0.05) is 0 Å². The summed E-state index contributed by atoms with van der Waals surface area (Å²) in [5.74, 6) is 3.50. The van der Waals surface area contributed by atoms with Crippen molar-refractivity contribution in [3.63, 3.8) is 0 Å². The third-order valence-corrected chi connectivity index (χ3v) is 8.48. The van der Waals surface area contributed by atoms with Crippen LogP contribution >= 0.6 is 0 Å². The van der Waals surface area contributed by atoms with Crippen LogP contribution in [0.5, 0.6) is 0 Å². The highest BCUT2D eigenvalue weighted by molar-refractivity contribution is 5.65. The third kappa shape index (κ3) is 8.00. The predicted molar refractivity (Wildman–Crippen MR) is 156 cm³/mol. The second-order valence-corrected chi connectivity index (χ2v) is 10.8. The molecule has 5 unspecified atom stereocenters. The molecule has 34 heavy (non-hydrogen) atoms. The van der Waals surface area contributed by atoms with Gasteiger partial charge in [-0.25, -0.2) is 0 Å². The zero-order valence-corrected chi connectivity index (χ0v) is 23.0. The van der Waals surface area contributed by atoms with Gasteiger partial charge in [0.15, 0.2) is 0 Å². The average Bonchev–Trinajstić information content (AvgIpc) is 2.81. The highest BCUT2D eigenvalue weighted by Crippen LogP contribution is 2.37. The molecule has 0 radical (unpaired) electrons. The minimum atomic E-state index is 0. The number of allylic oxidation sites excluding steroid dienone is 4. The molecule has 0 nitrogen and oxygen atoms in total. The maximum atomic E-state index is 2.48. The normalized spacial score (nSPS) is 16.9. The summed E-state index contributed by atoms with van der Waals surface area (Å²) in [4.78, 5) is 0. The minimum absolute atomic E-state index is 0. The molecule has 0 fully saturated rings. The van der Waals surface area contributed by atoms with E-state index in [1.165, 1.54) is 45.4 Å². The van der Waals surface area contributed by atoms with Gasteiger partial charge in [-0.2, -0.15) is 0 Å². The van der Waals surface area contributed by atoms with Crippen molar-refractivity contribution in [2.75, 3.05) is 0 Å². The van der Waals surface area contributed by atoms with E-state index in [1.54, 1.807) is 0 Å². The van der Waals surface area contributed by atoms with Crippen LogP contribution in [-0.2, 0) is 6.42 Å². The summed E-state index contributed by atoms with van der Waals surface area (Å²) >= 11 is 0. The van der Waals surface area contributed by atoms with E-state index in [4.69, 9.17) is 0 Å². The number of rotatable bonds is 10. The highest BCUT2D eigenvalue weighted by Gasteiger charge is 2.27. The minimum Gasteiger partial charge on any atom is -0.0776 e. The molecule has 0 bridgehead atoms. The zero-order chi connectivity index (χ0) is 24.7. The molecule has 2 aromatic rings. The number of aryl methyl sites for hydroxylation is 2. The fourth-order valence-corrected chi connectivity index (χ4v) is 4.83. The maximum absolute atomic E-state index is 2.48. The molecule has 0 amide bonds. The van der Waals surface area contributed by atoms with Crippen molar-refractivity contribution >= 4 is 5.57 Å². The van der Waals surface area contributed by atoms with Crippen molar-refractivity contribution in [3.05, 3.63) is 88.0 Å². The first-order chi connectivity index (χ1) is 15.5. The summed E-state index contributed by atoms with van der Waals surface area (Å²) in [6.45, 7) is 23.4. The maximum Gasteiger partial charge on any atom is -0.00640 e. The topological polar surface area (TPSA) is 0 Å². The highest BCUT2D eigenvalue weighted by atomic mass is 14.3. The molecule has 5 atom stereocenters. The van der Waals surface area contributed by atoms with E-state index in [2.05, 4.69) is 124 Å². The Morgan fingerprint density at radius 3 is 2.00 bits per heavy atom. The average molecular weight is 461 g/mol. The van der Waals surface area contributed by atoms with Gasteiger partial charge in [0.1, 0.15) is 0 Å². The molecule has 0 saturated carbocycles. The van der Waals surface area contributed by atoms with Gasteiger partial charge in [-0.1, -0.05) is 121 Å². The lowest BCUT2D eigenvalue weighted by Gasteiger charge is -2.34. The van der Waals surface area contributed by atoms with Crippen molar-refractivity contribution in [2.45, 2.75) is 95.4 Å².